The maximum atomic E-state index is 11.4. The Bertz CT molecular complexity index is 533. The van der Waals surface area contributed by atoms with Crippen molar-refractivity contribution in [3.8, 4) is 0 Å². The Labute approximate surface area is 106 Å². The zero-order valence-electron chi connectivity index (χ0n) is 10.8. The Kier molecular flexibility index (Phi) is 4.17. The number of aryl methyl sites for hydroxylation is 2. The van der Waals surface area contributed by atoms with Gasteiger partial charge in [0, 0.05) is 0 Å². The largest absolute Gasteiger partial charge is 0.295 e. The summed E-state index contributed by atoms with van der Waals surface area (Å²) in [4.78, 5) is 0.0752. The minimum absolute atomic E-state index is 0.0752. The molecular formula is C12H18O3SSi. The van der Waals surface area contributed by atoms with Crippen LogP contribution in [0.3, 0.4) is 0 Å². The maximum Gasteiger partial charge on any atom is 0.295 e. The van der Waals surface area contributed by atoms with Gasteiger partial charge >= 0.3 is 0 Å². The van der Waals surface area contributed by atoms with Gasteiger partial charge in [-0.1, -0.05) is 36.2 Å². The van der Waals surface area contributed by atoms with E-state index in [-0.39, 0.29) is 4.90 Å². The van der Waals surface area contributed by atoms with E-state index in [1.54, 1.807) is 13.8 Å². The second kappa shape index (κ2) is 4.92. The lowest BCUT2D eigenvalue weighted by molar-refractivity contribution is 0.482. The van der Waals surface area contributed by atoms with Crippen molar-refractivity contribution in [2.24, 2.45) is 0 Å². The zero-order chi connectivity index (χ0) is 13.4. The highest BCUT2D eigenvalue weighted by molar-refractivity contribution is 7.86. The predicted molar refractivity (Wildman–Crippen MR) is 71.0 cm³/mol. The fourth-order valence-electron chi connectivity index (χ4n) is 2.08. The van der Waals surface area contributed by atoms with Crippen molar-refractivity contribution in [1.82, 2.24) is 0 Å². The van der Waals surface area contributed by atoms with Crippen LogP contribution in [0.1, 0.15) is 30.5 Å². The van der Waals surface area contributed by atoms with Crippen LogP contribution in [0.4, 0.5) is 0 Å². The zero-order valence-corrected chi connectivity index (χ0v) is 12.6. The molecule has 0 amide bonds. The highest BCUT2D eigenvalue weighted by atomic mass is 32.2. The molecule has 0 spiro atoms. The monoisotopic (exact) mass is 270 g/mol. The van der Waals surface area contributed by atoms with Gasteiger partial charge in [0.15, 0.2) is 0 Å². The molecule has 0 saturated carbocycles. The third-order valence-electron chi connectivity index (χ3n) is 2.59. The van der Waals surface area contributed by atoms with Crippen molar-refractivity contribution in [1.29, 1.82) is 0 Å². The molecule has 5 heteroatoms. The topological polar surface area (TPSA) is 54.4 Å². The first-order valence-corrected chi connectivity index (χ1v) is 8.01. The van der Waals surface area contributed by atoms with Crippen LogP contribution >= 0.6 is 0 Å². The molecule has 1 N–H and O–H groups in total. The van der Waals surface area contributed by atoms with Crippen LogP contribution < -0.4 is 5.19 Å². The highest BCUT2D eigenvalue weighted by Crippen LogP contribution is 2.20. The van der Waals surface area contributed by atoms with Gasteiger partial charge in [-0.25, -0.2) is 0 Å². The SMILES string of the molecule is Cc1cc(C)c(S(=O)(=O)O)c(C)c1[Si]C(C)C. The molecule has 0 heterocycles. The van der Waals surface area contributed by atoms with Gasteiger partial charge in [-0.2, -0.15) is 8.42 Å². The normalized spacial score (nSPS) is 12.2. The standard InChI is InChI=1S/C12H18O3SSi/c1-7(2)17-12-9(4)6-8(3)11(10(12)5)16(13,14)15/h6-7H,1-5H3,(H,13,14,15). The second-order valence-corrected chi connectivity index (χ2v) is 7.92. The second-order valence-electron chi connectivity index (χ2n) is 4.61. The fraction of sp³-hybridized carbons (Fsp3) is 0.500. The van der Waals surface area contributed by atoms with Gasteiger partial charge in [-0.3, -0.25) is 4.55 Å². The minimum atomic E-state index is -4.13. The van der Waals surface area contributed by atoms with E-state index in [9.17, 15) is 13.0 Å². The molecule has 0 saturated heterocycles. The molecule has 0 aromatic heterocycles. The van der Waals surface area contributed by atoms with Crippen molar-refractivity contribution < 1.29 is 13.0 Å². The first kappa shape index (κ1) is 14.4. The highest BCUT2D eigenvalue weighted by Gasteiger charge is 2.20. The van der Waals surface area contributed by atoms with Crippen LogP contribution in [0.25, 0.3) is 0 Å². The summed E-state index contributed by atoms with van der Waals surface area (Å²) in [5, 5.41) is 1.05. The van der Waals surface area contributed by atoms with Crippen LogP contribution in [0.15, 0.2) is 11.0 Å². The number of hydrogen-bond acceptors (Lipinski definition) is 2. The average Bonchev–Trinajstić information content (AvgIpc) is 2.08. The van der Waals surface area contributed by atoms with Crippen LogP contribution in [0.2, 0.25) is 5.54 Å². The van der Waals surface area contributed by atoms with Gasteiger partial charge in [-0.05, 0) is 31.9 Å². The Morgan fingerprint density at radius 1 is 1.18 bits per heavy atom. The molecule has 0 fully saturated rings. The first-order chi connectivity index (χ1) is 7.64. The lowest BCUT2D eigenvalue weighted by atomic mass is 10.1. The first-order valence-electron chi connectivity index (χ1n) is 5.49. The summed E-state index contributed by atoms with van der Waals surface area (Å²) in [5.74, 6) is 0. The maximum absolute atomic E-state index is 11.4. The molecule has 0 unspecified atom stereocenters. The van der Waals surface area contributed by atoms with Crippen molar-refractivity contribution >= 4 is 24.8 Å². The lowest BCUT2D eigenvalue weighted by Crippen LogP contribution is -2.26. The van der Waals surface area contributed by atoms with Gasteiger partial charge in [0.1, 0.15) is 0 Å². The minimum Gasteiger partial charge on any atom is -0.282 e. The number of rotatable bonds is 3. The van der Waals surface area contributed by atoms with Gasteiger partial charge in [-0.15, -0.1) is 0 Å². The van der Waals surface area contributed by atoms with Crippen molar-refractivity contribution in [2.45, 2.75) is 45.1 Å². The quantitative estimate of drug-likeness (QED) is 0.675. The summed E-state index contributed by atoms with van der Waals surface area (Å²) in [7, 11) is -3.58. The van der Waals surface area contributed by atoms with E-state index in [2.05, 4.69) is 13.8 Å². The van der Waals surface area contributed by atoms with E-state index in [4.69, 9.17) is 0 Å². The molecule has 1 rings (SSSR count). The number of hydrogen-bond donors (Lipinski definition) is 1. The van der Waals surface area contributed by atoms with E-state index in [1.807, 2.05) is 13.0 Å². The van der Waals surface area contributed by atoms with E-state index in [0.717, 1.165) is 10.8 Å². The molecule has 17 heavy (non-hydrogen) atoms. The summed E-state index contributed by atoms with van der Waals surface area (Å²) < 4.78 is 32.0. The number of benzene rings is 1. The summed E-state index contributed by atoms with van der Waals surface area (Å²) >= 11 is 0. The fourth-order valence-corrected chi connectivity index (χ4v) is 4.34. The van der Waals surface area contributed by atoms with Crippen molar-refractivity contribution in [3.05, 3.63) is 22.8 Å². The summed E-state index contributed by atoms with van der Waals surface area (Å²) in [6.07, 6.45) is 0. The predicted octanol–water partition coefficient (Wildman–Crippen LogP) is 2.02. The van der Waals surface area contributed by atoms with Crippen LogP contribution in [0.5, 0.6) is 0 Å². The summed E-state index contributed by atoms with van der Waals surface area (Å²) in [5.41, 5.74) is 2.88. The van der Waals surface area contributed by atoms with E-state index >= 15 is 0 Å². The summed E-state index contributed by atoms with van der Waals surface area (Å²) in [6.45, 7) is 9.67. The Hall–Kier alpha value is -0.653. The molecule has 0 aliphatic heterocycles. The molecule has 0 bridgehead atoms. The van der Waals surface area contributed by atoms with E-state index in [0.29, 0.717) is 26.2 Å². The van der Waals surface area contributed by atoms with Gasteiger partial charge in [0.05, 0.1) is 14.4 Å². The molecule has 3 nitrogen and oxygen atoms in total. The molecule has 2 radical (unpaired) electrons. The van der Waals surface area contributed by atoms with Gasteiger partial charge < -0.3 is 0 Å². The van der Waals surface area contributed by atoms with Crippen molar-refractivity contribution in [2.75, 3.05) is 0 Å². The molecule has 94 valence electrons. The Balaban J connectivity index is 3.55. The smallest absolute Gasteiger partial charge is 0.282 e. The van der Waals surface area contributed by atoms with Gasteiger partial charge in [0.25, 0.3) is 10.1 Å². The van der Waals surface area contributed by atoms with Gasteiger partial charge in [0.2, 0.25) is 0 Å². The molecule has 1 aromatic carbocycles. The van der Waals surface area contributed by atoms with Crippen LogP contribution in [-0.2, 0) is 10.1 Å². The lowest BCUT2D eigenvalue weighted by Gasteiger charge is -2.16. The van der Waals surface area contributed by atoms with Crippen molar-refractivity contribution in [3.63, 3.8) is 0 Å². The molecule has 0 aliphatic carbocycles. The Morgan fingerprint density at radius 2 is 1.71 bits per heavy atom. The van der Waals surface area contributed by atoms with E-state index in [1.165, 1.54) is 0 Å². The molecule has 0 aliphatic rings. The third-order valence-corrected chi connectivity index (χ3v) is 5.37. The molecule has 0 atom stereocenters. The third kappa shape index (κ3) is 3.17. The van der Waals surface area contributed by atoms with Crippen LogP contribution in [-0.4, -0.2) is 22.5 Å². The Morgan fingerprint density at radius 3 is 2.12 bits per heavy atom. The van der Waals surface area contributed by atoms with Crippen LogP contribution in [0, 0.1) is 20.8 Å². The molecular weight excluding hydrogens is 252 g/mol. The summed E-state index contributed by atoms with van der Waals surface area (Å²) in [6, 6.07) is 1.83. The molecule has 1 aromatic rings. The average molecular weight is 270 g/mol. The van der Waals surface area contributed by atoms with E-state index < -0.39 is 10.1 Å².